The van der Waals surface area contributed by atoms with Crippen molar-refractivity contribution >= 4 is 24.0 Å². The molecule has 0 saturated carbocycles. The maximum atomic E-state index is 12.1. The molecule has 1 amide bonds. The number of amides is 1. The Kier molecular flexibility index (Phi) is 7.81. The van der Waals surface area contributed by atoms with Gasteiger partial charge in [-0.25, -0.2) is 0 Å². The smallest absolute Gasteiger partial charge is 0.378 e. The zero-order valence-electron chi connectivity index (χ0n) is 12.5. The highest BCUT2D eigenvalue weighted by atomic mass is 35.5. The zero-order chi connectivity index (χ0) is 16.0. The Morgan fingerprint density at radius 2 is 2.00 bits per heavy atom. The van der Waals surface area contributed by atoms with E-state index in [1.807, 2.05) is 0 Å². The van der Waals surface area contributed by atoms with Gasteiger partial charge in [0.15, 0.2) is 0 Å². The van der Waals surface area contributed by atoms with Crippen LogP contribution in [0, 0.1) is 0 Å². The molecule has 0 aliphatic carbocycles. The molecule has 0 bridgehead atoms. The molecule has 4 nitrogen and oxygen atoms in total. The fraction of sp³-hybridized carbons (Fsp3) is 0.533. The molecule has 0 spiro atoms. The summed E-state index contributed by atoms with van der Waals surface area (Å²) in [5, 5.41) is 5.92. The molecule has 1 fully saturated rings. The van der Waals surface area contributed by atoms with E-state index in [1.165, 1.54) is 0 Å². The van der Waals surface area contributed by atoms with Gasteiger partial charge in [0.25, 0.3) is 0 Å². The normalized spacial score (nSPS) is 18.1. The second-order valence-corrected chi connectivity index (χ2v) is 5.29. The van der Waals surface area contributed by atoms with Crippen molar-refractivity contribution in [2.75, 3.05) is 25.1 Å². The van der Waals surface area contributed by atoms with Crippen molar-refractivity contribution in [3.8, 4) is 0 Å². The van der Waals surface area contributed by atoms with E-state index in [9.17, 15) is 18.0 Å². The maximum Gasteiger partial charge on any atom is 0.389 e. The number of carbonyl (C=O) groups excluding carboxylic acids is 1. The van der Waals surface area contributed by atoms with E-state index in [0.717, 1.165) is 6.54 Å². The highest BCUT2D eigenvalue weighted by molar-refractivity contribution is 5.91. The van der Waals surface area contributed by atoms with Crippen LogP contribution in [0.25, 0.3) is 0 Å². The Labute approximate surface area is 139 Å². The van der Waals surface area contributed by atoms with E-state index in [4.69, 9.17) is 4.74 Å². The Morgan fingerprint density at radius 1 is 1.30 bits per heavy atom. The summed E-state index contributed by atoms with van der Waals surface area (Å²) in [6.45, 7) is 1.88. The van der Waals surface area contributed by atoms with Gasteiger partial charge in [-0.1, -0.05) is 12.1 Å². The molecule has 130 valence electrons. The minimum Gasteiger partial charge on any atom is -0.378 e. The van der Waals surface area contributed by atoms with Crippen molar-refractivity contribution in [3.05, 3.63) is 29.8 Å². The number of carbonyl (C=O) groups is 1. The van der Waals surface area contributed by atoms with Crippen molar-refractivity contribution in [2.24, 2.45) is 0 Å². The summed E-state index contributed by atoms with van der Waals surface area (Å²) in [6.07, 6.45) is -4.75. The van der Waals surface area contributed by atoms with Gasteiger partial charge >= 0.3 is 6.18 Å². The van der Waals surface area contributed by atoms with Crippen LogP contribution in [0.3, 0.4) is 0 Å². The Bertz CT molecular complexity index is 488. The molecule has 1 unspecified atom stereocenters. The molecule has 2 rings (SSSR count). The molecular weight excluding hydrogens is 333 g/mol. The molecular formula is C15H20ClF3N2O2. The van der Waals surface area contributed by atoms with E-state index in [-0.39, 0.29) is 30.8 Å². The Balaban J connectivity index is 0.00000264. The number of anilines is 1. The van der Waals surface area contributed by atoms with Crippen molar-refractivity contribution in [3.63, 3.8) is 0 Å². The minimum absolute atomic E-state index is 0. The van der Waals surface area contributed by atoms with Gasteiger partial charge in [0.2, 0.25) is 5.91 Å². The topological polar surface area (TPSA) is 50.4 Å². The van der Waals surface area contributed by atoms with Crippen LogP contribution in [-0.2, 0) is 16.0 Å². The van der Waals surface area contributed by atoms with E-state index < -0.39 is 12.6 Å². The number of alkyl halides is 3. The maximum absolute atomic E-state index is 12.1. The van der Waals surface area contributed by atoms with Crippen LogP contribution in [0.2, 0.25) is 0 Å². The van der Waals surface area contributed by atoms with Gasteiger partial charge in [0.05, 0.1) is 13.2 Å². The number of morpholine rings is 1. The lowest BCUT2D eigenvalue weighted by molar-refractivity contribution is -0.134. The zero-order valence-corrected chi connectivity index (χ0v) is 13.3. The predicted octanol–water partition coefficient (Wildman–Crippen LogP) is 2.92. The predicted molar refractivity (Wildman–Crippen MR) is 83.9 cm³/mol. The molecule has 0 radical (unpaired) electrons. The summed E-state index contributed by atoms with van der Waals surface area (Å²) >= 11 is 0. The van der Waals surface area contributed by atoms with Crippen molar-refractivity contribution in [1.82, 2.24) is 5.32 Å². The SMILES string of the molecule is Cl.O=C(CC1COCCN1)Nc1ccc(CCC(F)(F)F)cc1. The highest BCUT2D eigenvalue weighted by Gasteiger charge is 2.26. The Morgan fingerprint density at radius 3 is 2.57 bits per heavy atom. The van der Waals surface area contributed by atoms with Crippen LogP contribution < -0.4 is 10.6 Å². The summed E-state index contributed by atoms with van der Waals surface area (Å²) < 4.78 is 41.7. The van der Waals surface area contributed by atoms with Gasteiger partial charge in [0.1, 0.15) is 0 Å². The number of halogens is 4. The fourth-order valence-corrected chi connectivity index (χ4v) is 2.23. The van der Waals surface area contributed by atoms with Crippen molar-refractivity contribution in [1.29, 1.82) is 0 Å². The van der Waals surface area contributed by atoms with Crippen LogP contribution in [0.4, 0.5) is 18.9 Å². The first-order valence-corrected chi connectivity index (χ1v) is 7.19. The molecule has 1 aliphatic rings. The monoisotopic (exact) mass is 352 g/mol. The second kappa shape index (κ2) is 9.10. The number of aryl methyl sites for hydroxylation is 1. The minimum atomic E-state index is -4.15. The number of ether oxygens (including phenoxy) is 1. The summed E-state index contributed by atoms with van der Waals surface area (Å²) in [6, 6.07) is 6.44. The second-order valence-electron chi connectivity index (χ2n) is 5.29. The molecule has 1 heterocycles. The quantitative estimate of drug-likeness (QED) is 0.856. The lowest BCUT2D eigenvalue weighted by Gasteiger charge is -2.23. The molecule has 0 aromatic heterocycles. The molecule has 1 aliphatic heterocycles. The number of hydrogen-bond acceptors (Lipinski definition) is 3. The van der Waals surface area contributed by atoms with Gasteiger partial charge in [-0.3, -0.25) is 4.79 Å². The third-order valence-corrected chi connectivity index (χ3v) is 3.37. The molecule has 8 heteroatoms. The van der Waals surface area contributed by atoms with Crippen molar-refractivity contribution < 1.29 is 22.7 Å². The van der Waals surface area contributed by atoms with Gasteiger partial charge in [-0.15, -0.1) is 12.4 Å². The van der Waals surface area contributed by atoms with Crippen molar-refractivity contribution in [2.45, 2.75) is 31.5 Å². The first-order valence-electron chi connectivity index (χ1n) is 7.19. The molecule has 1 atom stereocenters. The van der Waals surface area contributed by atoms with Crippen LogP contribution >= 0.6 is 12.4 Å². The molecule has 1 aromatic carbocycles. The van der Waals surface area contributed by atoms with Gasteiger partial charge in [-0.05, 0) is 24.1 Å². The summed E-state index contributed by atoms with van der Waals surface area (Å²) in [4.78, 5) is 11.9. The average molecular weight is 353 g/mol. The molecule has 1 aromatic rings. The number of hydrogen-bond donors (Lipinski definition) is 2. The van der Waals surface area contributed by atoms with E-state index >= 15 is 0 Å². The summed E-state index contributed by atoms with van der Waals surface area (Å²) in [5.74, 6) is -0.147. The van der Waals surface area contributed by atoms with E-state index in [0.29, 0.717) is 30.9 Å². The first-order chi connectivity index (χ1) is 10.4. The summed E-state index contributed by atoms with van der Waals surface area (Å²) in [7, 11) is 0. The van der Waals surface area contributed by atoms with Crippen LogP contribution in [0.5, 0.6) is 0 Å². The van der Waals surface area contributed by atoms with Crippen LogP contribution in [0.1, 0.15) is 18.4 Å². The van der Waals surface area contributed by atoms with E-state index in [2.05, 4.69) is 10.6 Å². The average Bonchev–Trinajstić information content (AvgIpc) is 2.47. The first kappa shape index (κ1) is 19.7. The highest BCUT2D eigenvalue weighted by Crippen LogP contribution is 2.22. The fourth-order valence-electron chi connectivity index (χ4n) is 2.23. The largest absolute Gasteiger partial charge is 0.389 e. The molecule has 23 heavy (non-hydrogen) atoms. The Hall–Kier alpha value is -1.31. The standard InChI is InChI=1S/C15H19F3N2O2.ClH/c16-15(17,18)6-5-11-1-3-12(4-2-11)20-14(21)9-13-10-22-8-7-19-13;/h1-4,13,19H,5-10H2,(H,20,21);1H. The third-order valence-electron chi connectivity index (χ3n) is 3.37. The van der Waals surface area contributed by atoms with Crippen LogP contribution in [-0.4, -0.2) is 37.9 Å². The lowest BCUT2D eigenvalue weighted by atomic mass is 10.1. The number of nitrogens with one attached hydrogen (secondary N) is 2. The van der Waals surface area contributed by atoms with Crippen LogP contribution in [0.15, 0.2) is 24.3 Å². The van der Waals surface area contributed by atoms with Gasteiger partial charge in [-0.2, -0.15) is 13.2 Å². The number of benzene rings is 1. The molecule has 2 N–H and O–H groups in total. The summed E-state index contributed by atoms with van der Waals surface area (Å²) in [5.41, 5.74) is 1.18. The third kappa shape index (κ3) is 7.67. The molecule has 1 saturated heterocycles. The lowest BCUT2D eigenvalue weighted by Crippen LogP contribution is -2.43. The van der Waals surface area contributed by atoms with E-state index in [1.54, 1.807) is 24.3 Å². The van der Waals surface area contributed by atoms with Gasteiger partial charge < -0.3 is 15.4 Å². The van der Waals surface area contributed by atoms with Gasteiger partial charge in [0, 0.05) is 31.1 Å². The number of rotatable bonds is 5.